The van der Waals surface area contributed by atoms with Gasteiger partial charge in [-0.05, 0) is 30.3 Å². The maximum atomic E-state index is 12.6. The van der Waals surface area contributed by atoms with Gasteiger partial charge < -0.3 is 14.6 Å². The van der Waals surface area contributed by atoms with Crippen molar-refractivity contribution in [2.24, 2.45) is 0 Å². The molecule has 0 atom stereocenters. The molecule has 29 heavy (non-hydrogen) atoms. The molecule has 5 nitrogen and oxygen atoms in total. The minimum Gasteiger partial charge on any atom is -0.550 e. The van der Waals surface area contributed by atoms with E-state index in [0.29, 0.717) is 25.6 Å². The Kier molecular flexibility index (Phi) is 7.34. The highest BCUT2D eigenvalue weighted by molar-refractivity contribution is 9.10. The Balaban J connectivity index is 1.82. The number of thioether (sulfide) groups is 1. The normalized spacial score (nSPS) is 15.2. The maximum Gasteiger partial charge on any atom is 0.266 e. The molecule has 1 amide bonds. The molecule has 0 aliphatic carbocycles. The second-order valence-corrected chi connectivity index (χ2v) is 9.02. The van der Waals surface area contributed by atoms with Crippen LogP contribution in [0.5, 0.6) is 5.75 Å². The molecule has 0 aromatic heterocycles. The average molecular weight is 512 g/mol. The van der Waals surface area contributed by atoms with E-state index in [1.165, 1.54) is 4.90 Å². The summed E-state index contributed by atoms with van der Waals surface area (Å²) in [4.78, 5) is 25.0. The number of carbonyl (C=O) groups is 2. The lowest BCUT2D eigenvalue weighted by Crippen LogP contribution is -2.33. The van der Waals surface area contributed by atoms with Crippen LogP contribution in [0.2, 0.25) is 5.02 Å². The Hall–Kier alpha value is -1.87. The fourth-order valence-electron chi connectivity index (χ4n) is 2.57. The summed E-state index contributed by atoms with van der Waals surface area (Å²) in [7, 11) is 0. The SMILES string of the molecule is O=C([O-])CCN1C(=O)/C(=C\c2cc(Br)ccc2OCc2ccccc2Cl)SC1=S. The second kappa shape index (κ2) is 9.75. The number of amides is 1. The number of carboxylic acid groups (broad SMARTS) is 1. The first-order valence-electron chi connectivity index (χ1n) is 8.46. The van der Waals surface area contributed by atoms with Crippen molar-refractivity contribution < 1.29 is 19.4 Å². The molecule has 1 heterocycles. The Morgan fingerprint density at radius 3 is 2.79 bits per heavy atom. The zero-order valence-electron chi connectivity index (χ0n) is 14.9. The molecule has 1 aliphatic rings. The molecule has 0 bridgehead atoms. The van der Waals surface area contributed by atoms with Crippen molar-refractivity contribution in [2.75, 3.05) is 6.54 Å². The molecule has 1 aliphatic heterocycles. The fourth-order valence-corrected chi connectivity index (χ4v) is 4.44. The summed E-state index contributed by atoms with van der Waals surface area (Å²) in [6.45, 7) is 0.257. The number of ether oxygens (including phenoxy) is 1. The van der Waals surface area contributed by atoms with E-state index in [4.69, 9.17) is 28.6 Å². The number of halogens is 2. The van der Waals surface area contributed by atoms with E-state index in [9.17, 15) is 14.7 Å². The van der Waals surface area contributed by atoms with Gasteiger partial charge in [-0.25, -0.2) is 0 Å². The first-order valence-corrected chi connectivity index (χ1v) is 10.9. The van der Waals surface area contributed by atoms with Crippen molar-refractivity contribution in [1.29, 1.82) is 0 Å². The van der Waals surface area contributed by atoms with Gasteiger partial charge in [0.25, 0.3) is 5.91 Å². The minimum atomic E-state index is -1.23. The number of hydrogen-bond acceptors (Lipinski definition) is 6. The molecule has 150 valence electrons. The van der Waals surface area contributed by atoms with Gasteiger partial charge in [0, 0.05) is 39.6 Å². The van der Waals surface area contributed by atoms with E-state index in [1.54, 1.807) is 18.2 Å². The van der Waals surface area contributed by atoms with Crippen LogP contribution in [0.1, 0.15) is 17.5 Å². The highest BCUT2D eigenvalue weighted by Gasteiger charge is 2.31. The lowest BCUT2D eigenvalue weighted by molar-refractivity contribution is -0.305. The highest BCUT2D eigenvalue weighted by Crippen LogP contribution is 2.35. The van der Waals surface area contributed by atoms with Gasteiger partial charge in [-0.1, -0.05) is 69.7 Å². The Labute approximate surface area is 190 Å². The number of benzene rings is 2. The van der Waals surface area contributed by atoms with Crippen LogP contribution in [0.15, 0.2) is 51.8 Å². The number of carbonyl (C=O) groups excluding carboxylic acids is 2. The number of thiocarbonyl (C=S) groups is 1. The molecule has 3 rings (SSSR count). The molecular weight excluding hydrogens is 498 g/mol. The van der Waals surface area contributed by atoms with Crippen LogP contribution in [0.4, 0.5) is 0 Å². The van der Waals surface area contributed by atoms with Gasteiger partial charge in [0.2, 0.25) is 0 Å². The van der Waals surface area contributed by atoms with Crippen LogP contribution in [-0.4, -0.2) is 27.6 Å². The van der Waals surface area contributed by atoms with Gasteiger partial charge in [0.1, 0.15) is 16.7 Å². The molecule has 0 N–H and O–H groups in total. The monoisotopic (exact) mass is 510 g/mol. The van der Waals surface area contributed by atoms with Crippen LogP contribution < -0.4 is 9.84 Å². The van der Waals surface area contributed by atoms with Gasteiger partial charge in [0.05, 0.1) is 4.91 Å². The van der Waals surface area contributed by atoms with Gasteiger partial charge >= 0.3 is 0 Å². The molecule has 0 unspecified atom stereocenters. The molecule has 2 aromatic rings. The molecule has 1 fully saturated rings. The highest BCUT2D eigenvalue weighted by atomic mass is 79.9. The number of aliphatic carboxylic acids is 1. The van der Waals surface area contributed by atoms with Crippen molar-refractivity contribution in [3.8, 4) is 5.75 Å². The molecule has 1 saturated heterocycles. The summed E-state index contributed by atoms with van der Waals surface area (Å²) in [5.41, 5.74) is 1.53. The van der Waals surface area contributed by atoms with Crippen LogP contribution in [0, 0.1) is 0 Å². The molecule has 0 saturated carbocycles. The van der Waals surface area contributed by atoms with E-state index in [1.807, 2.05) is 30.3 Å². The summed E-state index contributed by atoms with van der Waals surface area (Å²) in [5.74, 6) is -0.989. The van der Waals surface area contributed by atoms with E-state index >= 15 is 0 Å². The van der Waals surface area contributed by atoms with Gasteiger partial charge in [-0.3, -0.25) is 9.69 Å². The van der Waals surface area contributed by atoms with E-state index < -0.39 is 5.97 Å². The van der Waals surface area contributed by atoms with Gasteiger partial charge in [-0.2, -0.15) is 0 Å². The summed E-state index contributed by atoms with van der Waals surface area (Å²) < 4.78 is 7.07. The minimum absolute atomic E-state index is 0.0152. The van der Waals surface area contributed by atoms with Crippen molar-refractivity contribution in [3.05, 3.63) is 68.0 Å². The summed E-state index contributed by atoms with van der Waals surface area (Å²) in [6, 6.07) is 12.9. The standard InChI is InChI=1S/C20H15BrClNO4S2/c21-14-5-6-16(27-11-12-3-1-2-4-15(12)22)13(9-14)10-17-19(26)23(20(28)29-17)8-7-18(24)25/h1-6,9-10H,7-8,11H2,(H,24,25)/p-1/b17-10+. The maximum absolute atomic E-state index is 12.6. The summed E-state index contributed by atoms with van der Waals surface area (Å²) in [6.07, 6.45) is 1.41. The Bertz CT molecular complexity index is 1010. The lowest BCUT2D eigenvalue weighted by atomic mass is 10.1. The molecule has 9 heteroatoms. The summed E-state index contributed by atoms with van der Waals surface area (Å²) in [5, 5.41) is 11.3. The smallest absolute Gasteiger partial charge is 0.266 e. The van der Waals surface area contributed by atoms with Crippen molar-refractivity contribution in [1.82, 2.24) is 4.90 Å². The number of rotatable bonds is 7. The van der Waals surface area contributed by atoms with E-state index in [0.717, 1.165) is 21.8 Å². The van der Waals surface area contributed by atoms with Crippen LogP contribution in [0.3, 0.4) is 0 Å². The van der Waals surface area contributed by atoms with Crippen LogP contribution in [0.25, 0.3) is 6.08 Å². The largest absolute Gasteiger partial charge is 0.550 e. The van der Waals surface area contributed by atoms with Crippen molar-refractivity contribution >= 4 is 73.8 Å². The second-order valence-electron chi connectivity index (χ2n) is 6.02. The number of nitrogens with zero attached hydrogens (tertiary/aromatic N) is 1. The predicted octanol–water partition coefficient (Wildman–Crippen LogP) is 4.02. The third-order valence-electron chi connectivity index (χ3n) is 4.01. The zero-order chi connectivity index (χ0) is 21.0. The third-order valence-corrected chi connectivity index (χ3v) is 6.25. The van der Waals surface area contributed by atoms with Crippen molar-refractivity contribution in [2.45, 2.75) is 13.0 Å². The van der Waals surface area contributed by atoms with E-state index in [2.05, 4.69) is 15.9 Å². The number of hydrogen-bond donors (Lipinski definition) is 0. The topological polar surface area (TPSA) is 69.7 Å². The fraction of sp³-hybridized carbons (Fsp3) is 0.150. The Morgan fingerprint density at radius 1 is 1.31 bits per heavy atom. The number of carboxylic acids is 1. The molecular formula is C20H14BrClNO4S2-. The summed E-state index contributed by atoms with van der Waals surface area (Å²) >= 11 is 15.9. The van der Waals surface area contributed by atoms with Gasteiger partial charge in [0.15, 0.2) is 0 Å². The molecule has 0 radical (unpaired) electrons. The molecule has 2 aromatic carbocycles. The average Bonchev–Trinajstić information content (AvgIpc) is 2.93. The third kappa shape index (κ3) is 5.60. The van der Waals surface area contributed by atoms with E-state index in [-0.39, 0.29) is 25.5 Å². The quantitative estimate of drug-likeness (QED) is 0.413. The zero-order valence-corrected chi connectivity index (χ0v) is 18.9. The molecule has 0 spiro atoms. The lowest BCUT2D eigenvalue weighted by Gasteiger charge is -2.14. The van der Waals surface area contributed by atoms with Gasteiger partial charge in [-0.15, -0.1) is 0 Å². The first-order chi connectivity index (χ1) is 13.8. The van der Waals surface area contributed by atoms with Crippen LogP contribution >= 0.6 is 51.5 Å². The van der Waals surface area contributed by atoms with Crippen molar-refractivity contribution in [3.63, 3.8) is 0 Å². The first kappa shape index (κ1) is 21.8. The Morgan fingerprint density at radius 2 is 2.07 bits per heavy atom. The van der Waals surface area contributed by atoms with Crippen LogP contribution in [-0.2, 0) is 16.2 Å². The predicted molar refractivity (Wildman–Crippen MR) is 119 cm³/mol.